The predicted molar refractivity (Wildman–Crippen MR) is 122 cm³/mol. The molecule has 164 valence electrons. The molecule has 2 aliphatic carbocycles. The molecule has 1 saturated carbocycles. The Balaban J connectivity index is 1.21. The Labute approximate surface area is 185 Å². The lowest BCUT2D eigenvalue weighted by Crippen LogP contribution is -2.54. The third-order valence-corrected chi connectivity index (χ3v) is 6.65. The highest BCUT2D eigenvalue weighted by Crippen LogP contribution is 2.34. The number of hydrogen-bond donors (Lipinski definition) is 2. The summed E-state index contributed by atoms with van der Waals surface area (Å²) >= 11 is 0. The summed E-state index contributed by atoms with van der Waals surface area (Å²) in [6.45, 7) is 2.86. The molecule has 2 atom stereocenters. The number of amides is 1. The fraction of sp³-hybridized carbons (Fsp3) is 0.391. The number of nitrogens with two attached hydrogens (primary N) is 2. The second-order valence-electron chi connectivity index (χ2n) is 8.89. The summed E-state index contributed by atoms with van der Waals surface area (Å²) < 4.78 is 5.48. The van der Waals surface area contributed by atoms with Crippen LogP contribution in [0.25, 0.3) is 16.6 Å². The first kappa shape index (κ1) is 19.2. The van der Waals surface area contributed by atoms with Crippen molar-refractivity contribution in [3.8, 4) is 0 Å². The van der Waals surface area contributed by atoms with Crippen LogP contribution in [0.5, 0.6) is 0 Å². The van der Waals surface area contributed by atoms with Crippen LogP contribution in [-0.2, 0) is 9.53 Å². The minimum absolute atomic E-state index is 0.0925. The Morgan fingerprint density at radius 3 is 2.75 bits per heavy atom. The molecule has 9 heteroatoms. The van der Waals surface area contributed by atoms with Crippen LogP contribution in [0.3, 0.4) is 0 Å². The maximum Gasteiger partial charge on any atom is 0.283 e. The van der Waals surface area contributed by atoms with Crippen molar-refractivity contribution < 1.29 is 9.53 Å². The van der Waals surface area contributed by atoms with Crippen molar-refractivity contribution in [3.05, 3.63) is 48.3 Å². The monoisotopic (exact) mass is 431 g/mol. The van der Waals surface area contributed by atoms with Crippen LogP contribution in [0.4, 0.5) is 5.69 Å². The summed E-state index contributed by atoms with van der Waals surface area (Å²) in [5, 5.41) is 0. The van der Waals surface area contributed by atoms with E-state index >= 15 is 0 Å². The quantitative estimate of drug-likeness (QED) is 0.737. The number of piperazine rings is 1. The van der Waals surface area contributed by atoms with Gasteiger partial charge in [-0.1, -0.05) is 6.08 Å². The molecule has 0 aromatic carbocycles. The number of aromatic nitrogens is 2. The summed E-state index contributed by atoms with van der Waals surface area (Å²) in [7, 11) is 0. The zero-order chi connectivity index (χ0) is 21.9. The van der Waals surface area contributed by atoms with E-state index in [0.717, 1.165) is 53.9 Å². The average molecular weight is 432 g/mol. The summed E-state index contributed by atoms with van der Waals surface area (Å²) in [6, 6.07) is 6.14. The molecule has 4 N–H and O–H groups in total. The van der Waals surface area contributed by atoms with E-state index in [-0.39, 0.29) is 24.1 Å². The number of pyridine rings is 2. The Kier molecular flexibility index (Phi) is 4.23. The van der Waals surface area contributed by atoms with E-state index in [9.17, 15) is 4.79 Å². The second-order valence-corrected chi connectivity index (χ2v) is 8.89. The Hall–Kier alpha value is -3.46. The average Bonchev–Trinajstić information content (AvgIpc) is 3.46. The molecule has 2 unspecified atom stereocenters. The Bertz CT molecular complexity index is 1190. The van der Waals surface area contributed by atoms with E-state index in [1.807, 2.05) is 41.5 Å². The van der Waals surface area contributed by atoms with Crippen LogP contribution in [-0.4, -0.2) is 70.7 Å². The highest BCUT2D eigenvalue weighted by Gasteiger charge is 2.48. The van der Waals surface area contributed by atoms with Gasteiger partial charge in [-0.3, -0.25) is 9.78 Å². The molecule has 1 saturated heterocycles. The number of ether oxygens (including phenoxy) is 1. The number of hydrogen-bond acceptors (Lipinski definition) is 8. The molecule has 4 aliphatic rings. The maximum atomic E-state index is 12.5. The molecule has 9 nitrogen and oxygen atoms in total. The molecule has 2 aliphatic heterocycles. The van der Waals surface area contributed by atoms with Crippen molar-refractivity contribution in [3.63, 3.8) is 0 Å². The number of amidine groups is 1. The van der Waals surface area contributed by atoms with Gasteiger partial charge in [0.2, 0.25) is 5.91 Å². The third-order valence-electron chi connectivity index (χ3n) is 6.65. The van der Waals surface area contributed by atoms with Gasteiger partial charge < -0.3 is 26.0 Å². The van der Waals surface area contributed by atoms with Gasteiger partial charge in [-0.05, 0) is 48.8 Å². The summed E-state index contributed by atoms with van der Waals surface area (Å²) in [5.41, 5.74) is 15.7. The zero-order valence-electron chi connectivity index (χ0n) is 17.6. The van der Waals surface area contributed by atoms with E-state index in [0.29, 0.717) is 13.1 Å². The van der Waals surface area contributed by atoms with Crippen LogP contribution < -0.4 is 16.4 Å². The highest BCUT2D eigenvalue weighted by molar-refractivity contribution is 5.89. The number of fused-ring (bicyclic) bond motifs is 2. The summed E-state index contributed by atoms with van der Waals surface area (Å²) in [6.07, 6.45) is 9.36. The van der Waals surface area contributed by atoms with Gasteiger partial charge in [0.25, 0.3) is 6.02 Å². The van der Waals surface area contributed by atoms with Crippen molar-refractivity contribution in [2.45, 2.75) is 30.5 Å². The standard InChI is InChI=1S/C23H25N7O2/c24-22-28-19-11-14(1-4-20(19)32-22)16-2-3-17-18(27-16)12-15(13-26-17)29-7-9-30(10-8-29)21(31)23(25)5-6-23/h1-4,11-13,19-20H,5-10,25H2,(H2,24,28). The van der Waals surface area contributed by atoms with Gasteiger partial charge in [-0.15, -0.1) is 0 Å². The largest absolute Gasteiger partial charge is 0.455 e. The Morgan fingerprint density at radius 2 is 1.97 bits per heavy atom. The van der Waals surface area contributed by atoms with Crippen molar-refractivity contribution in [2.75, 3.05) is 31.1 Å². The minimum Gasteiger partial charge on any atom is -0.455 e. The van der Waals surface area contributed by atoms with Crippen LogP contribution in [0, 0.1) is 0 Å². The van der Waals surface area contributed by atoms with Crippen LogP contribution >= 0.6 is 0 Å². The molecule has 32 heavy (non-hydrogen) atoms. The van der Waals surface area contributed by atoms with Gasteiger partial charge in [0.05, 0.1) is 34.2 Å². The van der Waals surface area contributed by atoms with Crippen LogP contribution in [0.15, 0.2) is 47.6 Å². The lowest BCUT2D eigenvalue weighted by atomic mass is 9.98. The first-order valence-electron chi connectivity index (χ1n) is 11.0. The number of nitrogens with zero attached hydrogens (tertiary/aromatic N) is 5. The number of anilines is 1. The fourth-order valence-electron chi connectivity index (χ4n) is 4.51. The van der Waals surface area contributed by atoms with E-state index in [2.05, 4.69) is 20.9 Å². The lowest BCUT2D eigenvalue weighted by molar-refractivity contribution is -0.133. The second kappa shape index (κ2) is 7.03. The number of carbonyl (C=O) groups excluding carboxylic acids is 1. The summed E-state index contributed by atoms with van der Waals surface area (Å²) in [4.78, 5) is 30.4. The first-order valence-corrected chi connectivity index (χ1v) is 11.0. The van der Waals surface area contributed by atoms with Gasteiger partial charge >= 0.3 is 0 Å². The van der Waals surface area contributed by atoms with E-state index < -0.39 is 5.54 Å². The topological polar surface area (TPSA) is 123 Å². The molecule has 6 rings (SSSR count). The molecule has 0 bridgehead atoms. The normalized spacial score (nSPS) is 25.8. The molecule has 0 radical (unpaired) electrons. The number of carbonyl (C=O) groups is 1. The predicted octanol–water partition coefficient (Wildman–Crippen LogP) is 0.805. The number of aliphatic imine (C=N–C) groups is 1. The van der Waals surface area contributed by atoms with Gasteiger partial charge in [-0.25, -0.2) is 9.98 Å². The molecule has 2 fully saturated rings. The molecule has 2 aromatic rings. The minimum atomic E-state index is -0.600. The van der Waals surface area contributed by atoms with Crippen LogP contribution in [0.1, 0.15) is 18.5 Å². The van der Waals surface area contributed by atoms with Crippen molar-refractivity contribution >= 4 is 34.2 Å². The van der Waals surface area contributed by atoms with Gasteiger partial charge in [0.1, 0.15) is 12.1 Å². The smallest absolute Gasteiger partial charge is 0.283 e. The van der Waals surface area contributed by atoms with Crippen molar-refractivity contribution in [1.82, 2.24) is 14.9 Å². The molecular formula is C23H25N7O2. The van der Waals surface area contributed by atoms with E-state index in [1.165, 1.54) is 0 Å². The SMILES string of the molecule is NC1=NC2C=C(c3ccc4ncc(N5CCN(C(=O)C6(N)CC6)CC5)cc4n3)C=CC2O1. The van der Waals surface area contributed by atoms with Crippen LogP contribution in [0.2, 0.25) is 0 Å². The molecule has 1 amide bonds. The Morgan fingerprint density at radius 1 is 1.16 bits per heavy atom. The fourth-order valence-corrected chi connectivity index (χ4v) is 4.51. The highest BCUT2D eigenvalue weighted by atomic mass is 16.5. The first-order chi connectivity index (χ1) is 15.5. The molecular weight excluding hydrogens is 406 g/mol. The molecule has 4 heterocycles. The number of rotatable bonds is 3. The zero-order valence-corrected chi connectivity index (χ0v) is 17.6. The lowest BCUT2D eigenvalue weighted by Gasteiger charge is -2.37. The van der Waals surface area contributed by atoms with Gasteiger partial charge in [0, 0.05) is 26.2 Å². The third kappa shape index (κ3) is 3.29. The van der Waals surface area contributed by atoms with E-state index in [4.69, 9.17) is 21.2 Å². The number of allylic oxidation sites excluding steroid dienone is 2. The maximum absolute atomic E-state index is 12.5. The molecule has 0 spiro atoms. The van der Waals surface area contributed by atoms with E-state index in [1.54, 1.807) is 0 Å². The van der Waals surface area contributed by atoms with Crippen molar-refractivity contribution in [2.24, 2.45) is 16.5 Å². The van der Waals surface area contributed by atoms with Gasteiger partial charge in [-0.2, -0.15) is 0 Å². The molecule has 2 aromatic heterocycles. The van der Waals surface area contributed by atoms with Gasteiger partial charge in [0.15, 0.2) is 0 Å². The summed E-state index contributed by atoms with van der Waals surface area (Å²) in [5.74, 6) is 0.0925. The van der Waals surface area contributed by atoms with Crippen molar-refractivity contribution in [1.29, 1.82) is 0 Å².